The Hall–Kier alpha value is -1.94. The molecule has 98 valence electrons. The first kappa shape index (κ1) is 13.5. The van der Waals surface area contributed by atoms with Crippen molar-refractivity contribution in [1.82, 2.24) is 0 Å². The van der Waals surface area contributed by atoms with Crippen molar-refractivity contribution in [2.45, 2.75) is 6.92 Å². The van der Waals surface area contributed by atoms with Gasteiger partial charge in [-0.25, -0.2) is 8.78 Å². The summed E-state index contributed by atoms with van der Waals surface area (Å²) in [5.74, 6) is -1.63. The molecular weight excluding hydrogens is 274 g/mol. The summed E-state index contributed by atoms with van der Waals surface area (Å²) in [6, 6.07) is 7.69. The number of carbonyl (C=O) groups excluding carboxylic acids is 1. The zero-order chi connectivity index (χ0) is 14.0. The maximum atomic E-state index is 13.0. The minimum atomic E-state index is -0.996. The molecule has 0 aromatic heterocycles. The van der Waals surface area contributed by atoms with Crippen LogP contribution in [0.25, 0.3) is 0 Å². The van der Waals surface area contributed by atoms with Crippen molar-refractivity contribution in [3.05, 3.63) is 58.6 Å². The Labute approximate surface area is 113 Å². The van der Waals surface area contributed by atoms with E-state index in [4.69, 9.17) is 16.3 Å². The summed E-state index contributed by atoms with van der Waals surface area (Å²) in [5, 5.41) is 0.243. The first-order valence-electron chi connectivity index (χ1n) is 5.41. The van der Waals surface area contributed by atoms with E-state index in [1.165, 1.54) is 31.2 Å². The van der Waals surface area contributed by atoms with Crippen LogP contribution in [0.1, 0.15) is 17.3 Å². The van der Waals surface area contributed by atoms with Crippen LogP contribution in [0.15, 0.2) is 36.4 Å². The number of hydrogen-bond donors (Lipinski definition) is 0. The number of Topliss-reactive ketones (excluding diaryl/α,β-unsaturated/α-hetero) is 1. The molecule has 0 N–H and O–H groups in total. The van der Waals surface area contributed by atoms with Gasteiger partial charge < -0.3 is 4.74 Å². The molecule has 2 aromatic carbocycles. The number of ether oxygens (including phenoxy) is 1. The lowest BCUT2D eigenvalue weighted by Gasteiger charge is -2.07. The van der Waals surface area contributed by atoms with Crippen LogP contribution < -0.4 is 4.74 Å². The molecule has 0 atom stereocenters. The molecule has 0 amide bonds. The quantitative estimate of drug-likeness (QED) is 0.768. The van der Waals surface area contributed by atoms with Crippen LogP contribution in [-0.2, 0) is 0 Å². The maximum Gasteiger partial charge on any atom is 0.162 e. The van der Waals surface area contributed by atoms with Gasteiger partial charge >= 0.3 is 0 Å². The minimum Gasteiger partial charge on any atom is -0.457 e. The number of benzene rings is 2. The van der Waals surface area contributed by atoms with Gasteiger partial charge in [-0.05, 0) is 31.2 Å². The molecule has 0 saturated heterocycles. The van der Waals surface area contributed by atoms with Crippen molar-refractivity contribution in [3.63, 3.8) is 0 Å². The van der Waals surface area contributed by atoms with Crippen molar-refractivity contribution < 1.29 is 18.3 Å². The molecule has 0 aliphatic rings. The van der Waals surface area contributed by atoms with Gasteiger partial charge in [0.1, 0.15) is 11.5 Å². The van der Waals surface area contributed by atoms with Crippen LogP contribution in [0.4, 0.5) is 8.78 Å². The Bertz CT molecular complexity index is 641. The van der Waals surface area contributed by atoms with Crippen molar-refractivity contribution in [1.29, 1.82) is 0 Å². The van der Waals surface area contributed by atoms with E-state index in [-0.39, 0.29) is 16.6 Å². The van der Waals surface area contributed by atoms with E-state index in [0.717, 1.165) is 12.1 Å². The van der Waals surface area contributed by atoms with E-state index in [1.54, 1.807) is 0 Å². The molecule has 0 radical (unpaired) electrons. The van der Waals surface area contributed by atoms with Crippen molar-refractivity contribution in [3.8, 4) is 11.5 Å². The average molecular weight is 283 g/mol. The van der Waals surface area contributed by atoms with Crippen molar-refractivity contribution >= 4 is 17.4 Å². The standard InChI is InChI=1S/C14H9ClF2O2/c1-8(18)11-4-2-9(6-12(11)15)19-10-3-5-13(16)14(17)7-10/h2-7H,1H3. The highest BCUT2D eigenvalue weighted by Gasteiger charge is 2.08. The minimum absolute atomic E-state index is 0.144. The van der Waals surface area contributed by atoms with Crippen LogP contribution >= 0.6 is 11.6 Å². The molecule has 0 spiro atoms. The fourth-order valence-corrected chi connectivity index (χ4v) is 1.82. The smallest absolute Gasteiger partial charge is 0.162 e. The Morgan fingerprint density at radius 2 is 1.68 bits per heavy atom. The predicted octanol–water partition coefficient (Wildman–Crippen LogP) is 4.61. The molecule has 2 nitrogen and oxygen atoms in total. The number of hydrogen-bond acceptors (Lipinski definition) is 2. The highest BCUT2D eigenvalue weighted by atomic mass is 35.5. The lowest BCUT2D eigenvalue weighted by molar-refractivity contribution is 0.101. The normalized spacial score (nSPS) is 10.3. The molecule has 0 saturated carbocycles. The van der Waals surface area contributed by atoms with E-state index >= 15 is 0 Å². The molecule has 0 unspecified atom stereocenters. The fraction of sp³-hybridized carbons (Fsp3) is 0.0714. The van der Waals surface area contributed by atoms with Gasteiger partial charge in [-0.15, -0.1) is 0 Å². The van der Waals surface area contributed by atoms with Crippen LogP contribution in [0.5, 0.6) is 11.5 Å². The van der Waals surface area contributed by atoms with Gasteiger partial charge in [-0.2, -0.15) is 0 Å². The monoisotopic (exact) mass is 282 g/mol. The van der Waals surface area contributed by atoms with Gasteiger partial charge in [0.05, 0.1) is 5.02 Å². The topological polar surface area (TPSA) is 26.3 Å². The third-order valence-electron chi connectivity index (χ3n) is 2.45. The van der Waals surface area contributed by atoms with Gasteiger partial charge in [0.15, 0.2) is 17.4 Å². The first-order chi connectivity index (χ1) is 8.97. The van der Waals surface area contributed by atoms with Crippen LogP contribution in [0, 0.1) is 11.6 Å². The third-order valence-corrected chi connectivity index (χ3v) is 2.76. The van der Waals surface area contributed by atoms with E-state index in [2.05, 4.69) is 0 Å². The largest absolute Gasteiger partial charge is 0.457 e. The van der Waals surface area contributed by atoms with Gasteiger partial charge in [0, 0.05) is 17.7 Å². The molecule has 0 aliphatic heterocycles. The highest BCUT2D eigenvalue weighted by molar-refractivity contribution is 6.34. The maximum absolute atomic E-state index is 13.0. The van der Waals surface area contributed by atoms with E-state index < -0.39 is 11.6 Å². The first-order valence-corrected chi connectivity index (χ1v) is 5.78. The van der Waals surface area contributed by atoms with Crippen LogP contribution in [0.2, 0.25) is 5.02 Å². The molecule has 0 heterocycles. The molecule has 2 rings (SSSR count). The Morgan fingerprint density at radius 3 is 2.26 bits per heavy atom. The summed E-state index contributed by atoms with van der Waals surface area (Å²) in [6.07, 6.45) is 0. The summed E-state index contributed by atoms with van der Waals surface area (Å²) in [5.41, 5.74) is 0.374. The lowest BCUT2D eigenvalue weighted by atomic mass is 10.1. The molecule has 0 aliphatic carbocycles. The Kier molecular flexibility index (Phi) is 3.81. The SMILES string of the molecule is CC(=O)c1ccc(Oc2ccc(F)c(F)c2)cc1Cl. The fourth-order valence-electron chi connectivity index (χ4n) is 1.52. The summed E-state index contributed by atoms with van der Waals surface area (Å²) in [6.45, 7) is 1.40. The number of rotatable bonds is 3. The van der Waals surface area contributed by atoms with Gasteiger partial charge in [-0.3, -0.25) is 4.79 Å². The van der Waals surface area contributed by atoms with Crippen molar-refractivity contribution in [2.24, 2.45) is 0 Å². The number of halogens is 3. The van der Waals surface area contributed by atoms with E-state index in [9.17, 15) is 13.6 Å². The van der Waals surface area contributed by atoms with Crippen molar-refractivity contribution in [2.75, 3.05) is 0 Å². The van der Waals surface area contributed by atoms with Gasteiger partial charge in [-0.1, -0.05) is 11.6 Å². The third kappa shape index (κ3) is 3.09. The van der Waals surface area contributed by atoms with Crippen LogP contribution in [-0.4, -0.2) is 5.78 Å². The molecule has 0 bridgehead atoms. The number of ketones is 1. The summed E-state index contributed by atoms with van der Waals surface area (Å²) in [7, 11) is 0. The molecule has 5 heteroatoms. The Balaban J connectivity index is 2.26. The summed E-state index contributed by atoms with van der Waals surface area (Å²) >= 11 is 5.91. The van der Waals surface area contributed by atoms with Gasteiger partial charge in [0.2, 0.25) is 0 Å². The second-order valence-corrected chi connectivity index (χ2v) is 4.28. The van der Waals surface area contributed by atoms with Crippen LogP contribution in [0.3, 0.4) is 0 Å². The predicted molar refractivity (Wildman–Crippen MR) is 67.9 cm³/mol. The zero-order valence-corrected chi connectivity index (χ0v) is 10.7. The summed E-state index contributed by atoms with van der Waals surface area (Å²) < 4.78 is 31.1. The number of carbonyl (C=O) groups is 1. The van der Waals surface area contributed by atoms with E-state index in [1.807, 2.05) is 0 Å². The van der Waals surface area contributed by atoms with E-state index in [0.29, 0.717) is 11.3 Å². The molecule has 19 heavy (non-hydrogen) atoms. The second kappa shape index (κ2) is 5.36. The van der Waals surface area contributed by atoms with Gasteiger partial charge in [0.25, 0.3) is 0 Å². The lowest BCUT2D eigenvalue weighted by Crippen LogP contribution is -1.94. The molecule has 2 aromatic rings. The second-order valence-electron chi connectivity index (χ2n) is 3.88. The average Bonchev–Trinajstić information content (AvgIpc) is 2.33. The Morgan fingerprint density at radius 1 is 1.05 bits per heavy atom. The molecule has 0 fully saturated rings. The zero-order valence-electron chi connectivity index (χ0n) is 9.91. The molecular formula is C14H9ClF2O2. The highest BCUT2D eigenvalue weighted by Crippen LogP contribution is 2.27. The summed E-state index contributed by atoms with van der Waals surface area (Å²) in [4.78, 5) is 11.2.